The molecular formula is C6H9NO4. The average molecular weight is 159 g/mol. The first-order valence-electron chi connectivity index (χ1n) is 2.68. The van der Waals surface area contributed by atoms with Crippen LogP contribution >= 0.6 is 0 Å². The van der Waals surface area contributed by atoms with Crippen molar-refractivity contribution in [2.45, 2.75) is 5.79 Å². The van der Waals surface area contributed by atoms with Crippen molar-refractivity contribution >= 4 is 5.91 Å². The molecule has 0 aromatic rings. The summed E-state index contributed by atoms with van der Waals surface area (Å²) >= 11 is 0. The summed E-state index contributed by atoms with van der Waals surface area (Å²) in [4.78, 5) is 10.1. The Morgan fingerprint density at radius 1 is 1.55 bits per heavy atom. The Kier molecular flexibility index (Phi) is 2.79. The van der Waals surface area contributed by atoms with E-state index in [1.807, 2.05) is 0 Å². The molecule has 0 aliphatic heterocycles. The van der Waals surface area contributed by atoms with Gasteiger partial charge in [-0.2, -0.15) is 0 Å². The lowest BCUT2D eigenvalue weighted by Gasteiger charge is -2.14. The zero-order chi connectivity index (χ0) is 9.07. The largest absolute Gasteiger partial charge is 0.507 e. The van der Waals surface area contributed by atoms with Crippen LogP contribution in [0.3, 0.4) is 0 Å². The van der Waals surface area contributed by atoms with Gasteiger partial charge in [-0.1, -0.05) is 6.58 Å². The molecule has 5 heteroatoms. The van der Waals surface area contributed by atoms with Crippen LogP contribution in [0.1, 0.15) is 0 Å². The number of nitrogens with two attached hydrogens (primary N) is 1. The highest BCUT2D eigenvalue weighted by Gasteiger charge is 2.22. The van der Waals surface area contributed by atoms with Crippen molar-refractivity contribution in [1.29, 1.82) is 0 Å². The van der Waals surface area contributed by atoms with E-state index in [0.29, 0.717) is 12.2 Å². The molecule has 11 heavy (non-hydrogen) atoms. The van der Waals surface area contributed by atoms with E-state index in [1.54, 1.807) is 0 Å². The third-order valence-corrected chi connectivity index (χ3v) is 0.905. The van der Waals surface area contributed by atoms with Crippen molar-refractivity contribution < 1.29 is 20.1 Å². The molecule has 0 aliphatic carbocycles. The molecule has 1 amide bonds. The summed E-state index contributed by atoms with van der Waals surface area (Å²) in [5, 5.41) is 26.0. The SMILES string of the molecule is C=C(O)C(O)(O)C=CC(N)=O. The van der Waals surface area contributed by atoms with Crippen molar-refractivity contribution in [3.63, 3.8) is 0 Å². The van der Waals surface area contributed by atoms with Crippen molar-refractivity contribution in [3.05, 3.63) is 24.5 Å². The fourth-order valence-electron chi connectivity index (χ4n) is 0.295. The van der Waals surface area contributed by atoms with Crippen LogP contribution in [0.2, 0.25) is 0 Å². The first kappa shape index (κ1) is 9.67. The quantitative estimate of drug-likeness (QED) is 0.235. The van der Waals surface area contributed by atoms with Gasteiger partial charge >= 0.3 is 0 Å². The van der Waals surface area contributed by atoms with Crippen molar-refractivity contribution in [2.24, 2.45) is 5.73 Å². The smallest absolute Gasteiger partial charge is 0.242 e. The molecule has 5 nitrogen and oxygen atoms in total. The number of aliphatic hydroxyl groups is 3. The van der Waals surface area contributed by atoms with Gasteiger partial charge in [0.1, 0.15) is 5.76 Å². The van der Waals surface area contributed by atoms with E-state index in [-0.39, 0.29) is 0 Å². The van der Waals surface area contributed by atoms with Crippen LogP contribution in [0.5, 0.6) is 0 Å². The van der Waals surface area contributed by atoms with Gasteiger partial charge in [-0.3, -0.25) is 4.79 Å². The minimum Gasteiger partial charge on any atom is -0.507 e. The van der Waals surface area contributed by atoms with Gasteiger partial charge in [0.2, 0.25) is 11.7 Å². The van der Waals surface area contributed by atoms with Gasteiger partial charge < -0.3 is 21.1 Å². The molecule has 0 atom stereocenters. The van der Waals surface area contributed by atoms with E-state index in [0.717, 1.165) is 0 Å². The number of carbonyl (C=O) groups excluding carboxylic acids is 1. The summed E-state index contributed by atoms with van der Waals surface area (Å²) in [7, 11) is 0. The highest BCUT2D eigenvalue weighted by molar-refractivity contribution is 5.85. The normalized spacial score (nSPS) is 11.8. The molecule has 0 aliphatic rings. The van der Waals surface area contributed by atoms with E-state index in [9.17, 15) is 4.79 Å². The Morgan fingerprint density at radius 3 is 2.27 bits per heavy atom. The fraction of sp³-hybridized carbons (Fsp3) is 0.167. The maximum absolute atomic E-state index is 10.1. The molecule has 0 spiro atoms. The maximum atomic E-state index is 10.1. The molecule has 0 rings (SSSR count). The molecule has 5 N–H and O–H groups in total. The Morgan fingerprint density at radius 2 is 2.00 bits per heavy atom. The predicted octanol–water partition coefficient (Wildman–Crippen LogP) is -1.22. The van der Waals surface area contributed by atoms with Crippen LogP contribution in [0.15, 0.2) is 24.5 Å². The lowest BCUT2D eigenvalue weighted by Crippen LogP contribution is -2.27. The second-order valence-electron chi connectivity index (χ2n) is 1.91. The van der Waals surface area contributed by atoms with Crippen LogP contribution in [0.4, 0.5) is 0 Å². The highest BCUT2D eigenvalue weighted by Crippen LogP contribution is 2.09. The summed E-state index contributed by atoms with van der Waals surface area (Å²) in [6.45, 7) is 2.86. The van der Waals surface area contributed by atoms with Crippen molar-refractivity contribution in [1.82, 2.24) is 0 Å². The van der Waals surface area contributed by atoms with Crippen LogP contribution < -0.4 is 5.73 Å². The minimum absolute atomic E-state index is 0.623. The molecule has 0 fully saturated rings. The van der Waals surface area contributed by atoms with Crippen LogP contribution in [0, 0.1) is 0 Å². The molecule has 0 heterocycles. The number of rotatable bonds is 3. The first-order chi connectivity index (χ1) is 4.86. The number of hydrogen-bond donors (Lipinski definition) is 4. The Hall–Kier alpha value is -1.33. The third-order valence-electron chi connectivity index (χ3n) is 0.905. The van der Waals surface area contributed by atoms with E-state index < -0.39 is 17.5 Å². The number of hydrogen-bond acceptors (Lipinski definition) is 4. The fourth-order valence-corrected chi connectivity index (χ4v) is 0.295. The monoisotopic (exact) mass is 159 g/mol. The summed E-state index contributed by atoms with van der Waals surface area (Å²) in [5.41, 5.74) is 4.64. The minimum atomic E-state index is -2.59. The molecular weight excluding hydrogens is 150 g/mol. The van der Waals surface area contributed by atoms with Gasteiger partial charge in [0.15, 0.2) is 0 Å². The van der Waals surface area contributed by atoms with Gasteiger partial charge in [-0.15, -0.1) is 0 Å². The molecule has 0 saturated carbocycles. The number of aliphatic hydroxyl groups excluding tert-OH is 1. The molecule has 0 radical (unpaired) electrons. The molecule has 0 aromatic heterocycles. The van der Waals surface area contributed by atoms with E-state index in [4.69, 9.17) is 15.3 Å². The van der Waals surface area contributed by atoms with Gasteiger partial charge in [0, 0.05) is 6.08 Å². The molecule has 0 bridgehead atoms. The first-order valence-corrected chi connectivity index (χ1v) is 2.68. The lowest BCUT2D eigenvalue weighted by atomic mass is 10.2. The highest BCUT2D eigenvalue weighted by atomic mass is 16.5. The van der Waals surface area contributed by atoms with Crippen molar-refractivity contribution in [2.75, 3.05) is 0 Å². The molecule has 0 saturated heterocycles. The number of primary amides is 1. The Balaban J connectivity index is 4.35. The second-order valence-corrected chi connectivity index (χ2v) is 1.91. The third kappa shape index (κ3) is 3.39. The molecule has 62 valence electrons. The van der Waals surface area contributed by atoms with Crippen molar-refractivity contribution in [3.8, 4) is 0 Å². The summed E-state index contributed by atoms with van der Waals surface area (Å²) in [5.74, 6) is -4.32. The van der Waals surface area contributed by atoms with Crippen LogP contribution in [0.25, 0.3) is 0 Å². The Labute approximate surface area is 63.1 Å². The average Bonchev–Trinajstić information content (AvgIpc) is 1.84. The topological polar surface area (TPSA) is 104 Å². The summed E-state index contributed by atoms with van der Waals surface area (Å²) in [6, 6.07) is 0. The number of amides is 1. The standard InChI is InChI=1S/C6H9NO4/c1-4(8)6(10,11)3-2-5(7)9/h2-3,8,10-11H,1H2,(H2,7,9). The molecule has 0 aromatic carbocycles. The zero-order valence-corrected chi connectivity index (χ0v) is 5.69. The van der Waals surface area contributed by atoms with Gasteiger partial charge in [0.05, 0.1) is 0 Å². The van der Waals surface area contributed by atoms with Gasteiger partial charge in [-0.05, 0) is 6.08 Å². The van der Waals surface area contributed by atoms with E-state index >= 15 is 0 Å². The summed E-state index contributed by atoms with van der Waals surface area (Å²) in [6.07, 6.45) is 1.33. The van der Waals surface area contributed by atoms with E-state index in [2.05, 4.69) is 12.3 Å². The predicted molar refractivity (Wildman–Crippen MR) is 37.3 cm³/mol. The second kappa shape index (κ2) is 3.18. The Bertz CT molecular complexity index is 207. The summed E-state index contributed by atoms with van der Waals surface area (Å²) < 4.78 is 0. The van der Waals surface area contributed by atoms with Gasteiger partial charge in [0.25, 0.3) is 0 Å². The van der Waals surface area contributed by atoms with E-state index in [1.165, 1.54) is 0 Å². The van der Waals surface area contributed by atoms with Crippen LogP contribution in [-0.2, 0) is 4.79 Å². The maximum Gasteiger partial charge on any atom is 0.242 e. The van der Waals surface area contributed by atoms with Gasteiger partial charge in [-0.25, -0.2) is 0 Å². The zero-order valence-electron chi connectivity index (χ0n) is 5.69. The molecule has 0 unspecified atom stereocenters. The lowest BCUT2D eigenvalue weighted by molar-refractivity contribution is -0.117. The number of carbonyl (C=O) groups is 1. The van der Waals surface area contributed by atoms with Crippen LogP contribution in [-0.4, -0.2) is 27.0 Å².